The molecular formula is C21H24BrN3O3. The summed E-state index contributed by atoms with van der Waals surface area (Å²) in [6.45, 7) is 1.00. The van der Waals surface area contributed by atoms with E-state index in [1.165, 1.54) is 0 Å². The third kappa shape index (κ3) is 4.36. The summed E-state index contributed by atoms with van der Waals surface area (Å²) in [5, 5.41) is 0. The minimum Gasteiger partial charge on any atom is -0.381 e. The Balaban J connectivity index is 1.75. The van der Waals surface area contributed by atoms with Crippen molar-refractivity contribution in [3.63, 3.8) is 0 Å². The van der Waals surface area contributed by atoms with Crippen LogP contribution in [0.2, 0.25) is 0 Å². The van der Waals surface area contributed by atoms with Crippen molar-refractivity contribution in [2.75, 3.05) is 32.2 Å². The van der Waals surface area contributed by atoms with Gasteiger partial charge in [0.25, 0.3) is 5.91 Å². The van der Waals surface area contributed by atoms with E-state index in [9.17, 15) is 9.59 Å². The minimum atomic E-state index is -0.724. The van der Waals surface area contributed by atoms with Crippen LogP contribution in [0.25, 0.3) is 0 Å². The Bertz CT molecular complexity index is 846. The molecule has 1 fully saturated rings. The molecule has 0 saturated carbocycles. The highest BCUT2D eigenvalue weighted by Crippen LogP contribution is 2.35. The van der Waals surface area contributed by atoms with E-state index in [-0.39, 0.29) is 11.8 Å². The van der Waals surface area contributed by atoms with E-state index in [4.69, 9.17) is 4.74 Å². The topological polar surface area (TPSA) is 70.7 Å². The highest BCUT2D eigenvalue weighted by molar-refractivity contribution is 9.10. The number of anilines is 1. The van der Waals surface area contributed by atoms with Crippen LogP contribution < -0.4 is 15.8 Å². The third-order valence-electron chi connectivity index (χ3n) is 5.09. The Hall–Kier alpha value is -2.38. The van der Waals surface area contributed by atoms with Gasteiger partial charge in [0, 0.05) is 43.0 Å². The van der Waals surface area contributed by atoms with Gasteiger partial charge in [-0.15, -0.1) is 0 Å². The Morgan fingerprint density at radius 1 is 1.04 bits per heavy atom. The van der Waals surface area contributed by atoms with Gasteiger partial charge < -0.3 is 9.64 Å². The van der Waals surface area contributed by atoms with Gasteiger partial charge in [-0.05, 0) is 48.7 Å². The van der Waals surface area contributed by atoms with E-state index >= 15 is 0 Å². The SMILES string of the molecule is CN(C)c1cccc(C(=O)NNC(=O)C2(c3ccc(Br)cc3)CCOCC2)c1. The predicted molar refractivity (Wildman–Crippen MR) is 112 cm³/mol. The number of benzene rings is 2. The Morgan fingerprint density at radius 2 is 1.71 bits per heavy atom. The van der Waals surface area contributed by atoms with E-state index in [0.717, 1.165) is 15.7 Å². The Morgan fingerprint density at radius 3 is 2.36 bits per heavy atom. The first-order chi connectivity index (χ1) is 13.4. The van der Waals surface area contributed by atoms with Gasteiger partial charge in [-0.25, -0.2) is 0 Å². The monoisotopic (exact) mass is 445 g/mol. The molecule has 2 aromatic rings. The molecule has 1 heterocycles. The van der Waals surface area contributed by atoms with Crippen LogP contribution in [0.4, 0.5) is 5.69 Å². The van der Waals surface area contributed by atoms with Crippen molar-refractivity contribution in [3.05, 3.63) is 64.1 Å². The van der Waals surface area contributed by atoms with Gasteiger partial charge in [0.2, 0.25) is 5.91 Å². The smallest absolute Gasteiger partial charge is 0.269 e. The summed E-state index contributed by atoms with van der Waals surface area (Å²) in [6.07, 6.45) is 1.12. The number of rotatable bonds is 4. The Kier molecular flexibility index (Phi) is 6.36. The molecule has 0 bridgehead atoms. The zero-order valence-corrected chi connectivity index (χ0v) is 17.6. The molecule has 2 aromatic carbocycles. The van der Waals surface area contributed by atoms with E-state index in [0.29, 0.717) is 31.6 Å². The molecule has 1 saturated heterocycles. The van der Waals surface area contributed by atoms with E-state index in [2.05, 4.69) is 26.8 Å². The minimum absolute atomic E-state index is 0.227. The molecule has 0 aromatic heterocycles. The average molecular weight is 446 g/mol. The first-order valence-corrected chi connectivity index (χ1v) is 9.94. The maximum atomic E-state index is 13.1. The summed E-state index contributed by atoms with van der Waals surface area (Å²) in [4.78, 5) is 27.5. The van der Waals surface area contributed by atoms with Crippen molar-refractivity contribution in [2.45, 2.75) is 18.3 Å². The van der Waals surface area contributed by atoms with Crippen LogP contribution in [-0.2, 0) is 14.9 Å². The van der Waals surface area contributed by atoms with E-state index < -0.39 is 5.41 Å². The molecule has 148 valence electrons. The largest absolute Gasteiger partial charge is 0.381 e. The van der Waals surface area contributed by atoms with Crippen molar-refractivity contribution in [3.8, 4) is 0 Å². The first kappa shape index (κ1) is 20.4. The molecule has 0 atom stereocenters. The molecule has 0 aliphatic carbocycles. The molecule has 0 spiro atoms. The number of amides is 2. The molecule has 7 heteroatoms. The molecule has 1 aliphatic heterocycles. The lowest BCUT2D eigenvalue weighted by atomic mass is 9.73. The molecule has 2 amide bonds. The van der Waals surface area contributed by atoms with E-state index in [1.54, 1.807) is 12.1 Å². The number of hydrazine groups is 1. The standard InChI is InChI=1S/C21H24BrN3O3/c1-25(2)18-5-3-4-15(14-18)19(26)23-24-20(27)21(10-12-28-13-11-21)16-6-8-17(22)9-7-16/h3-9,14H,10-13H2,1-2H3,(H,23,26)(H,24,27). The fraction of sp³-hybridized carbons (Fsp3) is 0.333. The van der Waals surface area contributed by atoms with Gasteiger partial charge in [-0.2, -0.15) is 0 Å². The molecule has 6 nitrogen and oxygen atoms in total. The molecule has 3 rings (SSSR count). The summed E-state index contributed by atoms with van der Waals surface area (Å²) in [6, 6.07) is 15.0. The van der Waals surface area contributed by atoms with Gasteiger partial charge in [0.1, 0.15) is 0 Å². The van der Waals surface area contributed by atoms with Gasteiger partial charge in [0.05, 0.1) is 5.41 Å². The fourth-order valence-electron chi connectivity index (χ4n) is 3.37. The Labute approximate surface area is 173 Å². The third-order valence-corrected chi connectivity index (χ3v) is 5.62. The second-order valence-corrected chi connectivity index (χ2v) is 7.97. The molecular weight excluding hydrogens is 422 g/mol. The fourth-order valence-corrected chi connectivity index (χ4v) is 3.63. The van der Waals surface area contributed by atoms with Crippen LogP contribution in [-0.4, -0.2) is 39.1 Å². The maximum Gasteiger partial charge on any atom is 0.269 e. The van der Waals surface area contributed by atoms with Crippen molar-refractivity contribution in [1.82, 2.24) is 10.9 Å². The quantitative estimate of drug-likeness (QED) is 0.709. The zero-order chi connectivity index (χ0) is 20.1. The average Bonchev–Trinajstić information content (AvgIpc) is 2.72. The maximum absolute atomic E-state index is 13.1. The van der Waals surface area contributed by atoms with Crippen LogP contribution in [0.5, 0.6) is 0 Å². The van der Waals surface area contributed by atoms with Gasteiger partial charge in [-0.3, -0.25) is 20.4 Å². The summed E-state index contributed by atoms with van der Waals surface area (Å²) in [5.74, 6) is -0.578. The number of halogens is 1. The van der Waals surface area contributed by atoms with Gasteiger partial charge in [0.15, 0.2) is 0 Å². The summed E-state index contributed by atoms with van der Waals surface area (Å²) in [5.41, 5.74) is 6.78. The van der Waals surface area contributed by atoms with E-state index in [1.807, 2.05) is 55.4 Å². The highest BCUT2D eigenvalue weighted by Gasteiger charge is 2.42. The van der Waals surface area contributed by atoms with Gasteiger partial charge >= 0.3 is 0 Å². The molecule has 1 aliphatic rings. The summed E-state index contributed by atoms with van der Waals surface area (Å²) >= 11 is 3.43. The molecule has 0 unspecified atom stereocenters. The van der Waals surface area contributed by atoms with Crippen molar-refractivity contribution in [2.24, 2.45) is 0 Å². The molecule has 0 radical (unpaired) electrons. The second kappa shape index (κ2) is 8.75. The lowest BCUT2D eigenvalue weighted by Gasteiger charge is -2.36. The van der Waals surface area contributed by atoms with Crippen LogP contribution in [0.15, 0.2) is 53.0 Å². The van der Waals surface area contributed by atoms with Crippen molar-refractivity contribution < 1.29 is 14.3 Å². The van der Waals surface area contributed by atoms with Crippen molar-refractivity contribution >= 4 is 33.4 Å². The number of hydrogen-bond donors (Lipinski definition) is 2. The zero-order valence-electron chi connectivity index (χ0n) is 16.0. The van der Waals surface area contributed by atoms with Crippen LogP contribution in [0.3, 0.4) is 0 Å². The first-order valence-electron chi connectivity index (χ1n) is 9.14. The van der Waals surface area contributed by atoms with Gasteiger partial charge in [-0.1, -0.05) is 34.1 Å². The number of nitrogens with zero attached hydrogens (tertiary/aromatic N) is 1. The van der Waals surface area contributed by atoms with Crippen LogP contribution in [0.1, 0.15) is 28.8 Å². The predicted octanol–water partition coefficient (Wildman–Crippen LogP) is 3.02. The number of hydrogen-bond acceptors (Lipinski definition) is 4. The van der Waals surface area contributed by atoms with Crippen LogP contribution >= 0.6 is 15.9 Å². The number of carbonyl (C=O) groups excluding carboxylic acids is 2. The normalized spacial score (nSPS) is 15.5. The van der Waals surface area contributed by atoms with Crippen molar-refractivity contribution in [1.29, 1.82) is 0 Å². The lowest BCUT2D eigenvalue weighted by molar-refractivity contribution is -0.131. The number of ether oxygens (including phenoxy) is 1. The molecule has 2 N–H and O–H groups in total. The lowest BCUT2D eigenvalue weighted by Crippen LogP contribution is -2.53. The summed E-state index contributed by atoms with van der Waals surface area (Å²) < 4.78 is 6.42. The molecule has 28 heavy (non-hydrogen) atoms. The van der Waals surface area contributed by atoms with Crippen LogP contribution in [0, 0.1) is 0 Å². The number of carbonyl (C=O) groups is 2. The summed E-state index contributed by atoms with van der Waals surface area (Å²) in [7, 11) is 3.82. The highest BCUT2D eigenvalue weighted by atomic mass is 79.9. The second-order valence-electron chi connectivity index (χ2n) is 7.05. The number of nitrogens with one attached hydrogen (secondary N) is 2.